The highest BCUT2D eigenvalue weighted by molar-refractivity contribution is 8.16. The van der Waals surface area contributed by atoms with Crippen LogP contribution in [0.1, 0.15) is 12.0 Å². The van der Waals surface area contributed by atoms with E-state index in [-0.39, 0.29) is 10.6 Å². The molecule has 0 spiro atoms. The van der Waals surface area contributed by atoms with Crippen molar-refractivity contribution in [1.29, 1.82) is 0 Å². The van der Waals surface area contributed by atoms with E-state index in [9.17, 15) is 10.1 Å². The summed E-state index contributed by atoms with van der Waals surface area (Å²) in [6.45, 7) is 1.86. The van der Waals surface area contributed by atoms with Crippen LogP contribution in [0.4, 0.5) is 5.69 Å². The highest BCUT2D eigenvalue weighted by atomic mass is 32.2. The predicted octanol–water partition coefficient (Wildman–Crippen LogP) is 2.70. The van der Waals surface area contributed by atoms with Crippen LogP contribution in [-0.2, 0) is 0 Å². The van der Waals surface area contributed by atoms with Gasteiger partial charge in [-0.05, 0) is 24.1 Å². The van der Waals surface area contributed by atoms with E-state index in [1.54, 1.807) is 36.0 Å². The lowest BCUT2D eigenvalue weighted by Crippen LogP contribution is -2.28. The Bertz CT molecular complexity index is 551. The number of hydrogen-bond acceptors (Lipinski definition) is 5. The van der Waals surface area contributed by atoms with E-state index in [2.05, 4.69) is 15.3 Å². The fraction of sp³-hybridized carbons (Fsp3) is 0.250. The zero-order chi connectivity index (χ0) is 12.5. The molecule has 5 nitrogen and oxygen atoms in total. The molecule has 0 atom stereocenters. The van der Waals surface area contributed by atoms with Crippen molar-refractivity contribution in [2.45, 2.75) is 6.42 Å². The number of nitrogens with zero attached hydrogens (tertiary/aromatic N) is 3. The Balaban J connectivity index is 1.89. The molecule has 0 unspecified atom stereocenters. The Morgan fingerprint density at radius 1 is 1.33 bits per heavy atom. The van der Waals surface area contributed by atoms with E-state index in [0.717, 1.165) is 35.9 Å². The second-order valence-electron chi connectivity index (χ2n) is 4.09. The molecule has 6 heteroatoms. The number of nitro groups is 1. The van der Waals surface area contributed by atoms with Gasteiger partial charge in [0.05, 0.1) is 10.6 Å². The molecule has 1 aromatic carbocycles. The summed E-state index contributed by atoms with van der Waals surface area (Å²) in [6, 6.07) is 6.67. The van der Waals surface area contributed by atoms with E-state index >= 15 is 0 Å². The molecular formula is C12H11N3O2S. The zero-order valence-electron chi connectivity index (χ0n) is 9.57. The van der Waals surface area contributed by atoms with E-state index in [0.29, 0.717) is 0 Å². The summed E-state index contributed by atoms with van der Waals surface area (Å²) in [7, 11) is 0. The van der Waals surface area contributed by atoms with E-state index in [1.165, 1.54) is 0 Å². The van der Waals surface area contributed by atoms with E-state index < -0.39 is 0 Å². The number of rotatable bonds is 2. The maximum Gasteiger partial charge on any atom is 0.269 e. The smallest absolute Gasteiger partial charge is 0.269 e. The van der Waals surface area contributed by atoms with Crippen molar-refractivity contribution in [3.05, 3.63) is 45.4 Å². The van der Waals surface area contributed by atoms with Crippen molar-refractivity contribution in [3.8, 4) is 0 Å². The summed E-state index contributed by atoms with van der Waals surface area (Å²) in [4.78, 5) is 16.9. The molecule has 3 rings (SSSR count). The largest absolute Gasteiger partial charge is 0.320 e. The third-order valence-electron chi connectivity index (χ3n) is 2.96. The molecule has 0 saturated heterocycles. The zero-order valence-corrected chi connectivity index (χ0v) is 10.4. The van der Waals surface area contributed by atoms with Crippen LogP contribution < -0.4 is 0 Å². The van der Waals surface area contributed by atoms with Crippen molar-refractivity contribution in [2.75, 3.05) is 13.1 Å². The Morgan fingerprint density at radius 3 is 2.83 bits per heavy atom. The third kappa shape index (κ3) is 1.88. The van der Waals surface area contributed by atoms with Gasteiger partial charge in [-0.15, -0.1) is 0 Å². The Morgan fingerprint density at radius 2 is 2.11 bits per heavy atom. The average Bonchev–Trinajstić information content (AvgIpc) is 2.82. The van der Waals surface area contributed by atoms with Crippen molar-refractivity contribution in [2.24, 2.45) is 4.99 Å². The van der Waals surface area contributed by atoms with Gasteiger partial charge in [0.25, 0.3) is 5.69 Å². The number of non-ortho nitro benzene ring substituents is 1. The summed E-state index contributed by atoms with van der Waals surface area (Å²) in [5, 5.41) is 13.7. The lowest BCUT2D eigenvalue weighted by Gasteiger charge is -2.25. The fourth-order valence-electron chi connectivity index (χ4n) is 2.06. The van der Waals surface area contributed by atoms with Crippen LogP contribution in [0.5, 0.6) is 0 Å². The SMILES string of the molecule is O=[N+]([O-])c1ccc(C2=CSC3=NCCCN23)cc1. The Kier molecular flexibility index (Phi) is 2.79. The number of thioether (sulfide) groups is 1. The second-order valence-corrected chi connectivity index (χ2v) is 4.93. The fourth-order valence-corrected chi connectivity index (χ4v) is 3.02. The molecule has 0 bridgehead atoms. The molecular weight excluding hydrogens is 250 g/mol. The predicted molar refractivity (Wildman–Crippen MR) is 72.3 cm³/mol. The van der Waals surface area contributed by atoms with Crippen LogP contribution >= 0.6 is 11.8 Å². The Hall–Kier alpha value is -1.82. The van der Waals surface area contributed by atoms with Gasteiger partial charge in [-0.25, -0.2) is 0 Å². The van der Waals surface area contributed by atoms with Crippen LogP contribution in [-0.4, -0.2) is 28.1 Å². The molecule has 0 aliphatic carbocycles. The van der Waals surface area contributed by atoms with Crippen molar-refractivity contribution < 1.29 is 4.92 Å². The normalized spacial score (nSPS) is 18.1. The van der Waals surface area contributed by atoms with Crippen LogP contribution in [0.25, 0.3) is 5.70 Å². The molecule has 0 saturated carbocycles. The highest BCUT2D eigenvalue weighted by Gasteiger charge is 2.25. The number of benzene rings is 1. The van der Waals surface area contributed by atoms with Crippen LogP contribution in [0, 0.1) is 10.1 Å². The third-order valence-corrected chi connectivity index (χ3v) is 3.86. The Labute approximate surface area is 108 Å². The van der Waals surface area contributed by atoms with Gasteiger partial charge in [-0.3, -0.25) is 15.1 Å². The second kappa shape index (κ2) is 4.45. The quantitative estimate of drug-likeness (QED) is 0.606. The first-order chi connectivity index (χ1) is 8.75. The summed E-state index contributed by atoms with van der Waals surface area (Å²) in [6.07, 6.45) is 1.05. The first-order valence-corrected chi connectivity index (χ1v) is 6.57. The van der Waals surface area contributed by atoms with E-state index in [1.807, 2.05) is 0 Å². The van der Waals surface area contributed by atoms with Gasteiger partial charge in [0.2, 0.25) is 0 Å². The van der Waals surface area contributed by atoms with Crippen LogP contribution in [0.2, 0.25) is 0 Å². The maximum atomic E-state index is 10.6. The molecule has 18 heavy (non-hydrogen) atoms. The van der Waals surface area contributed by atoms with Crippen LogP contribution in [0.3, 0.4) is 0 Å². The molecule has 0 N–H and O–H groups in total. The number of amidine groups is 1. The summed E-state index contributed by atoms with van der Waals surface area (Å²) in [5.74, 6) is 0. The monoisotopic (exact) mass is 261 g/mol. The average molecular weight is 261 g/mol. The number of hydrogen-bond donors (Lipinski definition) is 0. The molecule has 92 valence electrons. The van der Waals surface area contributed by atoms with Gasteiger partial charge in [0.15, 0.2) is 5.17 Å². The molecule has 0 aromatic heterocycles. The standard InChI is InChI=1S/C12H11N3O2S/c16-15(17)10-4-2-9(3-5-10)11-8-18-12-13-6-1-7-14(11)12/h2-5,8H,1,6-7H2. The minimum absolute atomic E-state index is 0.123. The highest BCUT2D eigenvalue weighted by Crippen LogP contribution is 2.35. The van der Waals surface area contributed by atoms with Crippen molar-refractivity contribution in [3.63, 3.8) is 0 Å². The summed E-state index contributed by atoms with van der Waals surface area (Å²) in [5.41, 5.74) is 2.21. The van der Waals surface area contributed by atoms with Crippen molar-refractivity contribution >= 4 is 28.3 Å². The molecule has 0 amide bonds. The van der Waals surface area contributed by atoms with Gasteiger partial charge < -0.3 is 4.90 Å². The maximum absolute atomic E-state index is 10.6. The summed E-state index contributed by atoms with van der Waals surface area (Å²) < 4.78 is 0. The topological polar surface area (TPSA) is 58.7 Å². The van der Waals surface area contributed by atoms with Gasteiger partial charge in [0.1, 0.15) is 0 Å². The minimum Gasteiger partial charge on any atom is -0.320 e. The molecule has 2 aliphatic heterocycles. The van der Waals surface area contributed by atoms with Gasteiger partial charge >= 0.3 is 0 Å². The molecule has 1 aromatic rings. The van der Waals surface area contributed by atoms with Crippen LogP contribution in [0.15, 0.2) is 34.7 Å². The number of fused-ring (bicyclic) bond motifs is 1. The summed E-state index contributed by atoms with van der Waals surface area (Å²) >= 11 is 1.62. The molecule has 0 radical (unpaired) electrons. The lowest BCUT2D eigenvalue weighted by atomic mass is 10.1. The lowest BCUT2D eigenvalue weighted by molar-refractivity contribution is -0.384. The van der Waals surface area contributed by atoms with Crippen molar-refractivity contribution in [1.82, 2.24) is 4.90 Å². The van der Waals surface area contributed by atoms with Gasteiger partial charge in [-0.1, -0.05) is 11.8 Å². The van der Waals surface area contributed by atoms with Gasteiger partial charge in [0, 0.05) is 30.6 Å². The first-order valence-electron chi connectivity index (χ1n) is 5.69. The molecule has 2 aliphatic rings. The number of nitro benzene ring substituents is 1. The van der Waals surface area contributed by atoms with Gasteiger partial charge in [-0.2, -0.15) is 0 Å². The minimum atomic E-state index is -0.380. The number of aliphatic imine (C=N–C) groups is 1. The first kappa shape index (κ1) is 11.3. The molecule has 0 fully saturated rings. The molecule has 2 heterocycles. The van der Waals surface area contributed by atoms with E-state index in [4.69, 9.17) is 0 Å².